The normalized spacial score (nSPS) is 12.1. The number of hydrogen-bond donors (Lipinski definition) is 2. The molecule has 3 rings (SSSR count). The summed E-state index contributed by atoms with van der Waals surface area (Å²) >= 11 is 0. The Bertz CT molecular complexity index is 891. The molecule has 0 saturated heterocycles. The van der Waals surface area contributed by atoms with Gasteiger partial charge in [0.05, 0.1) is 6.10 Å². The molecule has 0 spiro atoms. The molecule has 0 aliphatic rings. The molecule has 1 aromatic heterocycles. The highest BCUT2D eigenvalue weighted by Gasteiger charge is 2.15. The van der Waals surface area contributed by atoms with Gasteiger partial charge < -0.3 is 19.7 Å². The lowest BCUT2D eigenvalue weighted by atomic mass is 10.1. The molecule has 130 valence electrons. The monoisotopic (exact) mass is 342 g/mol. The lowest BCUT2D eigenvalue weighted by Gasteiger charge is -2.12. The zero-order chi connectivity index (χ0) is 17.8. The van der Waals surface area contributed by atoms with Crippen molar-refractivity contribution >= 4 is 16.8 Å². The van der Waals surface area contributed by atoms with E-state index in [9.17, 15) is 14.3 Å². The van der Waals surface area contributed by atoms with Crippen molar-refractivity contribution in [1.29, 1.82) is 0 Å². The minimum Gasteiger partial charge on any atom is -0.481 e. The molecule has 2 aromatic carbocycles. The molecule has 5 nitrogen and oxygen atoms in total. The van der Waals surface area contributed by atoms with Crippen molar-refractivity contribution in [1.82, 2.24) is 9.88 Å². The highest BCUT2D eigenvalue weighted by Crippen LogP contribution is 2.25. The van der Waals surface area contributed by atoms with Gasteiger partial charge in [0.15, 0.2) is 18.2 Å². The van der Waals surface area contributed by atoms with Gasteiger partial charge >= 0.3 is 0 Å². The van der Waals surface area contributed by atoms with Gasteiger partial charge in [0.2, 0.25) is 0 Å². The second-order valence-corrected chi connectivity index (χ2v) is 5.75. The summed E-state index contributed by atoms with van der Waals surface area (Å²) in [6.45, 7) is -0.267. The van der Waals surface area contributed by atoms with E-state index in [1.165, 1.54) is 12.1 Å². The molecular weight excluding hydrogens is 323 g/mol. The summed E-state index contributed by atoms with van der Waals surface area (Å²) in [5.74, 6) is -0.930. The number of aromatic nitrogens is 1. The largest absolute Gasteiger partial charge is 0.481 e. The van der Waals surface area contributed by atoms with Crippen molar-refractivity contribution in [3.63, 3.8) is 0 Å². The summed E-state index contributed by atoms with van der Waals surface area (Å²) in [7, 11) is 1.90. The van der Waals surface area contributed by atoms with Gasteiger partial charge in [-0.2, -0.15) is 0 Å². The lowest BCUT2D eigenvalue weighted by molar-refractivity contribution is -0.123. The minimum atomic E-state index is -0.844. The molecule has 1 amide bonds. The van der Waals surface area contributed by atoms with Crippen LogP contribution in [0.15, 0.2) is 54.7 Å². The summed E-state index contributed by atoms with van der Waals surface area (Å²) in [4.78, 5) is 11.9. The number of rotatable bonds is 6. The third-order valence-electron chi connectivity index (χ3n) is 3.97. The number of benzene rings is 2. The van der Waals surface area contributed by atoms with E-state index in [1.54, 1.807) is 12.1 Å². The summed E-state index contributed by atoms with van der Waals surface area (Å²) in [6.07, 6.45) is 1.00. The Morgan fingerprint density at radius 1 is 1.24 bits per heavy atom. The number of amides is 1. The van der Waals surface area contributed by atoms with Gasteiger partial charge in [-0.05, 0) is 18.2 Å². The number of carbonyl (C=O) groups is 1. The molecule has 0 radical (unpaired) electrons. The molecule has 1 heterocycles. The quantitative estimate of drug-likeness (QED) is 0.724. The molecule has 0 bridgehead atoms. The summed E-state index contributed by atoms with van der Waals surface area (Å²) in [6, 6.07) is 13.6. The molecular formula is C19H19FN2O3. The van der Waals surface area contributed by atoms with E-state index in [2.05, 4.69) is 5.32 Å². The van der Waals surface area contributed by atoms with Gasteiger partial charge in [-0.15, -0.1) is 0 Å². The van der Waals surface area contributed by atoms with Gasteiger partial charge in [0, 0.05) is 36.3 Å². The Kier molecular flexibility index (Phi) is 5.00. The van der Waals surface area contributed by atoms with E-state index in [-0.39, 0.29) is 18.9 Å². The second-order valence-electron chi connectivity index (χ2n) is 5.75. The molecule has 1 unspecified atom stereocenters. The van der Waals surface area contributed by atoms with Gasteiger partial charge in [0.25, 0.3) is 5.91 Å². The molecule has 25 heavy (non-hydrogen) atoms. The maximum absolute atomic E-state index is 13.4. The van der Waals surface area contributed by atoms with Crippen LogP contribution in [-0.4, -0.2) is 28.7 Å². The smallest absolute Gasteiger partial charge is 0.258 e. The van der Waals surface area contributed by atoms with Crippen LogP contribution in [0, 0.1) is 5.82 Å². The Balaban J connectivity index is 1.57. The van der Waals surface area contributed by atoms with Crippen LogP contribution in [0.25, 0.3) is 10.9 Å². The molecule has 3 aromatic rings. The zero-order valence-corrected chi connectivity index (χ0v) is 13.8. The van der Waals surface area contributed by atoms with Crippen molar-refractivity contribution in [2.24, 2.45) is 7.05 Å². The number of para-hydroxylation sites is 2. The number of carbonyl (C=O) groups excluding carboxylic acids is 1. The van der Waals surface area contributed by atoms with E-state index in [4.69, 9.17) is 4.74 Å². The maximum atomic E-state index is 13.4. The third-order valence-corrected chi connectivity index (χ3v) is 3.97. The number of aryl methyl sites for hydroxylation is 1. The van der Waals surface area contributed by atoms with Crippen molar-refractivity contribution in [2.75, 3.05) is 13.2 Å². The summed E-state index contributed by atoms with van der Waals surface area (Å²) < 4.78 is 20.5. The molecule has 2 N–H and O–H groups in total. The lowest BCUT2D eigenvalue weighted by Crippen LogP contribution is -2.32. The number of ether oxygens (including phenoxy) is 1. The first kappa shape index (κ1) is 17.0. The van der Waals surface area contributed by atoms with E-state index >= 15 is 0 Å². The van der Waals surface area contributed by atoms with Crippen LogP contribution < -0.4 is 10.1 Å². The summed E-state index contributed by atoms with van der Waals surface area (Å²) in [5.41, 5.74) is 1.75. The number of fused-ring (bicyclic) bond motifs is 1. The van der Waals surface area contributed by atoms with Crippen LogP contribution in [0.2, 0.25) is 0 Å². The standard InChI is InChI=1S/C19H19FN2O3/c1-22-11-14(13-6-2-4-8-16(13)22)17(23)10-21-19(24)12-25-18-9-5-3-7-15(18)20/h2-9,11,17,23H,10,12H2,1H3,(H,21,24). The van der Waals surface area contributed by atoms with Crippen LogP contribution in [0.1, 0.15) is 11.7 Å². The van der Waals surface area contributed by atoms with Crippen LogP contribution in [0.4, 0.5) is 4.39 Å². The van der Waals surface area contributed by atoms with Crippen LogP contribution in [-0.2, 0) is 11.8 Å². The van der Waals surface area contributed by atoms with E-state index < -0.39 is 17.8 Å². The number of nitrogens with zero attached hydrogens (tertiary/aromatic N) is 1. The number of hydrogen-bond acceptors (Lipinski definition) is 3. The van der Waals surface area contributed by atoms with Crippen LogP contribution in [0.5, 0.6) is 5.75 Å². The van der Waals surface area contributed by atoms with Gasteiger partial charge in [0.1, 0.15) is 0 Å². The van der Waals surface area contributed by atoms with Crippen LogP contribution in [0.3, 0.4) is 0 Å². The molecule has 0 fully saturated rings. The number of aliphatic hydroxyl groups excluding tert-OH is 1. The highest BCUT2D eigenvalue weighted by atomic mass is 19.1. The van der Waals surface area contributed by atoms with Gasteiger partial charge in [-0.1, -0.05) is 30.3 Å². The predicted octanol–water partition coefficient (Wildman–Crippen LogP) is 2.55. The maximum Gasteiger partial charge on any atom is 0.258 e. The van der Waals surface area contributed by atoms with E-state index in [0.717, 1.165) is 16.5 Å². The van der Waals surface area contributed by atoms with Gasteiger partial charge in [-0.25, -0.2) is 4.39 Å². The molecule has 0 aliphatic heterocycles. The van der Waals surface area contributed by atoms with Gasteiger partial charge in [-0.3, -0.25) is 4.79 Å². The molecule has 0 aliphatic carbocycles. The molecule has 1 atom stereocenters. The van der Waals surface area contributed by atoms with Crippen LogP contribution >= 0.6 is 0 Å². The number of halogens is 1. The second kappa shape index (κ2) is 7.36. The Labute approximate surface area is 144 Å². The number of nitrogens with one attached hydrogen (secondary N) is 1. The average molecular weight is 342 g/mol. The van der Waals surface area contributed by atoms with Crippen molar-refractivity contribution < 1.29 is 19.0 Å². The molecule has 0 saturated carbocycles. The first-order valence-electron chi connectivity index (χ1n) is 7.92. The van der Waals surface area contributed by atoms with Crippen molar-refractivity contribution in [3.05, 3.63) is 66.1 Å². The van der Waals surface area contributed by atoms with Crippen molar-refractivity contribution in [2.45, 2.75) is 6.10 Å². The topological polar surface area (TPSA) is 63.5 Å². The highest BCUT2D eigenvalue weighted by molar-refractivity contribution is 5.84. The third kappa shape index (κ3) is 3.80. The summed E-state index contributed by atoms with van der Waals surface area (Å²) in [5, 5.41) is 13.9. The fourth-order valence-electron chi connectivity index (χ4n) is 2.72. The number of aliphatic hydroxyl groups is 1. The SMILES string of the molecule is Cn1cc(C(O)CNC(=O)COc2ccccc2F)c2ccccc21. The zero-order valence-electron chi connectivity index (χ0n) is 13.8. The Morgan fingerprint density at radius 2 is 1.96 bits per heavy atom. The first-order valence-corrected chi connectivity index (χ1v) is 7.92. The average Bonchev–Trinajstić information content (AvgIpc) is 2.96. The van der Waals surface area contributed by atoms with E-state index in [0.29, 0.717) is 0 Å². The predicted molar refractivity (Wildman–Crippen MR) is 92.8 cm³/mol. The Hall–Kier alpha value is -2.86. The fourth-order valence-corrected chi connectivity index (χ4v) is 2.72. The minimum absolute atomic E-state index is 0.0206. The van der Waals surface area contributed by atoms with Crippen molar-refractivity contribution in [3.8, 4) is 5.75 Å². The first-order chi connectivity index (χ1) is 12.1. The fraction of sp³-hybridized carbons (Fsp3) is 0.211. The molecule has 6 heteroatoms. The Morgan fingerprint density at radius 3 is 2.76 bits per heavy atom. The van der Waals surface area contributed by atoms with E-state index in [1.807, 2.05) is 42.1 Å².